The minimum atomic E-state index is -0.182. The van der Waals surface area contributed by atoms with Gasteiger partial charge in [-0.05, 0) is 12.5 Å². The Kier molecular flexibility index (Phi) is 3.76. The van der Waals surface area contributed by atoms with Crippen molar-refractivity contribution in [3.8, 4) is 0 Å². The molecule has 0 radical (unpaired) electrons. The lowest BCUT2D eigenvalue weighted by Gasteiger charge is -2.08. The molecule has 0 amide bonds. The molecule has 0 spiro atoms. The maximum atomic E-state index is 12.3. The molecule has 0 saturated carbocycles. The van der Waals surface area contributed by atoms with Gasteiger partial charge in [-0.3, -0.25) is 4.79 Å². The lowest BCUT2D eigenvalue weighted by molar-refractivity contribution is 0.602. The smallest absolute Gasteiger partial charge is 0.288 e. The van der Waals surface area contributed by atoms with Crippen molar-refractivity contribution in [3.05, 3.63) is 39.8 Å². The summed E-state index contributed by atoms with van der Waals surface area (Å²) >= 11 is 7.58. The highest BCUT2D eigenvalue weighted by atomic mass is 35.5. The number of aryl methyl sites for hydroxylation is 1. The molecule has 20 heavy (non-hydrogen) atoms. The number of hydrogen-bond acceptors (Lipinski definition) is 3. The first kappa shape index (κ1) is 13.6. The summed E-state index contributed by atoms with van der Waals surface area (Å²) in [5.41, 5.74) is 0.745. The van der Waals surface area contributed by atoms with E-state index in [0.717, 1.165) is 39.7 Å². The molecule has 3 rings (SSSR count). The van der Waals surface area contributed by atoms with Gasteiger partial charge >= 0.3 is 0 Å². The Morgan fingerprint density at radius 2 is 2.10 bits per heavy atom. The SMILES string of the molecule is CCCCCn1c(=O)c(Cl)nc2sc3ccccc3c21. The van der Waals surface area contributed by atoms with E-state index in [1.54, 1.807) is 15.9 Å². The topological polar surface area (TPSA) is 34.9 Å². The molecule has 1 aromatic carbocycles. The zero-order valence-electron chi connectivity index (χ0n) is 11.2. The highest BCUT2D eigenvalue weighted by Crippen LogP contribution is 2.32. The Morgan fingerprint density at radius 1 is 1.30 bits per heavy atom. The molecule has 0 atom stereocenters. The quantitative estimate of drug-likeness (QED) is 0.667. The van der Waals surface area contributed by atoms with Crippen LogP contribution in [0, 0.1) is 0 Å². The maximum absolute atomic E-state index is 12.3. The fourth-order valence-electron chi connectivity index (χ4n) is 2.44. The number of rotatable bonds is 4. The monoisotopic (exact) mass is 306 g/mol. The van der Waals surface area contributed by atoms with Crippen molar-refractivity contribution in [2.24, 2.45) is 0 Å². The fraction of sp³-hybridized carbons (Fsp3) is 0.333. The Balaban J connectivity index is 2.28. The zero-order valence-corrected chi connectivity index (χ0v) is 12.8. The molecule has 0 bridgehead atoms. The van der Waals surface area contributed by atoms with Gasteiger partial charge in [0.25, 0.3) is 5.56 Å². The largest absolute Gasteiger partial charge is 0.303 e. The second kappa shape index (κ2) is 5.54. The fourth-order valence-corrected chi connectivity index (χ4v) is 3.76. The van der Waals surface area contributed by atoms with Crippen molar-refractivity contribution in [1.82, 2.24) is 9.55 Å². The first-order valence-electron chi connectivity index (χ1n) is 6.80. The highest BCUT2D eigenvalue weighted by molar-refractivity contribution is 7.25. The van der Waals surface area contributed by atoms with Crippen molar-refractivity contribution in [3.63, 3.8) is 0 Å². The number of halogens is 1. The Morgan fingerprint density at radius 3 is 2.90 bits per heavy atom. The van der Waals surface area contributed by atoms with E-state index in [1.165, 1.54) is 0 Å². The van der Waals surface area contributed by atoms with E-state index in [-0.39, 0.29) is 10.7 Å². The molecule has 5 heteroatoms. The van der Waals surface area contributed by atoms with Crippen LogP contribution >= 0.6 is 22.9 Å². The van der Waals surface area contributed by atoms with Crippen LogP contribution < -0.4 is 5.56 Å². The summed E-state index contributed by atoms with van der Waals surface area (Å²) in [7, 11) is 0. The van der Waals surface area contributed by atoms with Crippen LogP contribution in [0.25, 0.3) is 20.4 Å². The standard InChI is InChI=1S/C15H15ClN2OS/c1-2-3-6-9-18-12-10-7-4-5-8-11(10)20-14(12)17-13(16)15(18)19/h4-5,7-8H,2-3,6,9H2,1H3. The average molecular weight is 307 g/mol. The summed E-state index contributed by atoms with van der Waals surface area (Å²) in [6.07, 6.45) is 3.22. The van der Waals surface area contributed by atoms with Crippen LogP contribution in [0.5, 0.6) is 0 Å². The maximum Gasteiger partial charge on any atom is 0.288 e. The third-order valence-corrected chi connectivity index (χ3v) is 4.73. The van der Waals surface area contributed by atoms with Crippen LogP contribution in [-0.2, 0) is 6.54 Å². The third kappa shape index (κ3) is 2.23. The van der Waals surface area contributed by atoms with Crippen LogP contribution in [0.1, 0.15) is 26.2 Å². The van der Waals surface area contributed by atoms with Crippen LogP contribution in [0.2, 0.25) is 5.15 Å². The first-order chi connectivity index (χ1) is 9.72. The molecule has 0 fully saturated rings. The lowest BCUT2D eigenvalue weighted by Crippen LogP contribution is -2.21. The van der Waals surface area contributed by atoms with Crippen molar-refractivity contribution in [1.29, 1.82) is 0 Å². The number of fused-ring (bicyclic) bond motifs is 3. The third-order valence-electron chi connectivity index (χ3n) is 3.43. The summed E-state index contributed by atoms with van der Waals surface area (Å²) in [6.45, 7) is 2.85. The minimum Gasteiger partial charge on any atom is -0.303 e. The lowest BCUT2D eigenvalue weighted by atomic mass is 10.2. The molecule has 0 unspecified atom stereocenters. The summed E-state index contributed by atoms with van der Waals surface area (Å²) in [4.78, 5) is 17.4. The van der Waals surface area contributed by atoms with E-state index in [9.17, 15) is 4.79 Å². The molecule has 0 aliphatic rings. The normalized spacial score (nSPS) is 11.5. The molecule has 0 N–H and O–H groups in total. The van der Waals surface area contributed by atoms with Crippen LogP contribution in [0.3, 0.4) is 0 Å². The summed E-state index contributed by atoms with van der Waals surface area (Å²) < 4.78 is 2.93. The second-order valence-corrected chi connectivity index (χ2v) is 6.21. The number of hydrogen-bond donors (Lipinski definition) is 0. The zero-order chi connectivity index (χ0) is 14.1. The predicted molar refractivity (Wildman–Crippen MR) is 85.9 cm³/mol. The van der Waals surface area contributed by atoms with Crippen LogP contribution in [0.4, 0.5) is 0 Å². The van der Waals surface area contributed by atoms with E-state index >= 15 is 0 Å². The Bertz CT molecular complexity index is 822. The van der Waals surface area contributed by atoms with Gasteiger partial charge in [0.05, 0.1) is 5.52 Å². The Labute approximate surface area is 125 Å². The van der Waals surface area contributed by atoms with Gasteiger partial charge in [0, 0.05) is 16.6 Å². The molecular weight excluding hydrogens is 292 g/mol. The number of benzene rings is 1. The van der Waals surface area contributed by atoms with E-state index in [1.807, 2.05) is 18.2 Å². The van der Waals surface area contributed by atoms with Gasteiger partial charge in [0.1, 0.15) is 4.83 Å². The van der Waals surface area contributed by atoms with Gasteiger partial charge in [-0.1, -0.05) is 49.6 Å². The van der Waals surface area contributed by atoms with Crippen molar-refractivity contribution < 1.29 is 0 Å². The van der Waals surface area contributed by atoms with E-state index in [2.05, 4.69) is 18.0 Å². The minimum absolute atomic E-state index is 0.0700. The van der Waals surface area contributed by atoms with Crippen LogP contribution in [0.15, 0.2) is 29.1 Å². The number of aromatic nitrogens is 2. The van der Waals surface area contributed by atoms with Crippen molar-refractivity contribution in [2.75, 3.05) is 0 Å². The van der Waals surface area contributed by atoms with Gasteiger partial charge in [-0.15, -0.1) is 11.3 Å². The molecule has 0 aliphatic heterocycles. The van der Waals surface area contributed by atoms with E-state index in [0.29, 0.717) is 6.54 Å². The van der Waals surface area contributed by atoms with Gasteiger partial charge in [0.2, 0.25) is 0 Å². The van der Waals surface area contributed by atoms with Gasteiger partial charge < -0.3 is 4.57 Å². The van der Waals surface area contributed by atoms with Gasteiger partial charge in [-0.25, -0.2) is 4.98 Å². The van der Waals surface area contributed by atoms with E-state index in [4.69, 9.17) is 11.6 Å². The second-order valence-electron chi connectivity index (χ2n) is 4.82. The summed E-state index contributed by atoms with van der Waals surface area (Å²) in [6, 6.07) is 8.08. The Hall–Kier alpha value is -1.39. The molecule has 0 aliphatic carbocycles. The van der Waals surface area contributed by atoms with Crippen LogP contribution in [-0.4, -0.2) is 9.55 Å². The number of nitrogens with zero attached hydrogens (tertiary/aromatic N) is 2. The molecule has 2 heterocycles. The number of unbranched alkanes of at least 4 members (excludes halogenated alkanes) is 2. The van der Waals surface area contributed by atoms with Gasteiger partial charge in [0.15, 0.2) is 5.15 Å². The molecule has 3 nitrogen and oxygen atoms in total. The molecule has 2 aromatic heterocycles. The molecule has 3 aromatic rings. The molecular formula is C15H15ClN2OS. The van der Waals surface area contributed by atoms with Gasteiger partial charge in [-0.2, -0.15) is 0 Å². The number of thiophene rings is 1. The van der Waals surface area contributed by atoms with Crippen molar-refractivity contribution in [2.45, 2.75) is 32.7 Å². The summed E-state index contributed by atoms with van der Waals surface area (Å²) in [5.74, 6) is 0. The highest BCUT2D eigenvalue weighted by Gasteiger charge is 2.14. The van der Waals surface area contributed by atoms with E-state index < -0.39 is 0 Å². The average Bonchev–Trinajstić information content (AvgIpc) is 2.81. The van der Waals surface area contributed by atoms with Crippen molar-refractivity contribution >= 4 is 43.4 Å². The molecule has 104 valence electrons. The molecule has 0 saturated heterocycles. The first-order valence-corrected chi connectivity index (χ1v) is 7.99. The predicted octanol–water partition coefficient (Wildman–Crippen LogP) is 4.45. The summed E-state index contributed by atoms with van der Waals surface area (Å²) in [5, 5.41) is 1.16.